The summed E-state index contributed by atoms with van der Waals surface area (Å²) >= 11 is 0. The molecule has 1 aliphatic rings. The number of ether oxygens (including phenoxy) is 1. The Labute approximate surface area is 160 Å². The van der Waals surface area contributed by atoms with Crippen LogP contribution in [-0.2, 0) is 11.3 Å². The van der Waals surface area contributed by atoms with Crippen molar-refractivity contribution in [3.05, 3.63) is 46.8 Å². The highest BCUT2D eigenvalue weighted by Gasteiger charge is 2.31. The van der Waals surface area contributed by atoms with E-state index in [-0.39, 0.29) is 18.5 Å². The number of amides is 1. The summed E-state index contributed by atoms with van der Waals surface area (Å²) in [6.45, 7) is 8.88. The normalized spacial score (nSPS) is 19.3. The van der Waals surface area contributed by atoms with Gasteiger partial charge in [-0.2, -0.15) is 5.10 Å². The van der Waals surface area contributed by atoms with Gasteiger partial charge in [0, 0.05) is 12.2 Å². The van der Waals surface area contributed by atoms with E-state index in [1.807, 2.05) is 30.9 Å². The van der Waals surface area contributed by atoms with Gasteiger partial charge in [-0.1, -0.05) is 26.0 Å². The van der Waals surface area contributed by atoms with Crippen LogP contribution in [0, 0.1) is 13.8 Å². The van der Waals surface area contributed by atoms with Crippen LogP contribution in [0.2, 0.25) is 0 Å². The lowest BCUT2D eigenvalue weighted by Gasteiger charge is -2.27. The average molecular weight is 359 g/mol. The fraction of sp³-hybridized carbons (Fsp3) is 0.524. The number of rotatable bonds is 5. The van der Waals surface area contributed by atoms with Crippen molar-refractivity contribution in [3.8, 4) is 5.75 Å². The summed E-state index contributed by atoms with van der Waals surface area (Å²) < 4.78 is 29.0. The van der Waals surface area contributed by atoms with E-state index in [1.54, 1.807) is 16.8 Å². The van der Waals surface area contributed by atoms with E-state index in [2.05, 4.69) is 18.9 Å². The molecule has 0 radical (unpaired) electrons. The van der Waals surface area contributed by atoms with Gasteiger partial charge in [0.05, 0.1) is 22.9 Å². The van der Waals surface area contributed by atoms with Gasteiger partial charge in [-0.3, -0.25) is 9.48 Å². The minimum Gasteiger partial charge on any atom is -0.496 e. The van der Waals surface area contributed by atoms with Gasteiger partial charge >= 0.3 is 0 Å². The van der Waals surface area contributed by atoms with Crippen LogP contribution in [0.25, 0.3) is 0 Å². The van der Waals surface area contributed by atoms with Crippen LogP contribution in [0.3, 0.4) is 0 Å². The number of likely N-dealkylation sites (tertiary alicyclic amines) is 1. The van der Waals surface area contributed by atoms with Crippen molar-refractivity contribution >= 4 is 5.91 Å². The van der Waals surface area contributed by atoms with E-state index in [1.165, 1.54) is 0 Å². The highest BCUT2D eigenvalue weighted by atomic mass is 16.5. The number of carbonyl (C=O) groups excluding carboxylic acids is 1. The molecule has 1 aromatic carbocycles. The molecular formula is C21H29N3O2. The molecule has 3 rings (SSSR count). The molecule has 0 saturated carbocycles. The molecule has 1 fully saturated rings. The van der Waals surface area contributed by atoms with Gasteiger partial charge < -0.3 is 9.64 Å². The zero-order valence-corrected chi connectivity index (χ0v) is 16.0. The molecule has 0 unspecified atom stereocenters. The number of nitrogens with zero attached hydrogens (tertiary/aromatic N) is 3. The van der Waals surface area contributed by atoms with Crippen LogP contribution in [0.15, 0.2) is 24.3 Å². The summed E-state index contributed by atoms with van der Waals surface area (Å²) in [7, 11) is -2.50. The zero-order valence-electron chi connectivity index (χ0n) is 19.0. The van der Waals surface area contributed by atoms with Crippen LogP contribution in [0.5, 0.6) is 5.75 Å². The maximum Gasteiger partial charge on any atom is 0.244 e. The maximum atomic E-state index is 13.1. The van der Waals surface area contributed by atoms with Gasteiger partial charge in [0.15, 0.2) is 0 Å². The molecule has 26 heavy (non-hydrogen) atoms. The van der Waals surface area contributed by atoms with Crippen molar-refractivity contribution in [2.75, 3.05) is 13.6 Å². The number of hydrogen-bond acceptors (Lipinski definition) is 3. The average Bonchev–Trinajstić information content (AvgIpc) is 3.23. The first-order valence-corrected chi connectivity index (χ1v) is 9.19. The Bertz CT molecular complexity index is 890. The minimum absolute atomic E-state index is 0.0237. The van der Waals surface area contributed by atoms with E-state index in [0.717, 1.165) is 35.4 Å². The van der Waals surface area contributed by atoms with Gasteiger partial charge in [0.2, 0.25) is 5.91 Å². The highest BCUT2D eigenvalue weighted by molar-refractivity contribution is 5.77. The molecule has 5 heteroatoms. The van der Waals surface area contributed by atoms with Crippen LogP contribution in [-0.4, -0.2) is 34.2 Å². The third-order valence-corrected chi connectivity index (χ3v) is 5.24. The number of aromatic nitrogens is 2. The third-order valence-electron chi connectivity index (χ3n) is 5.24. The van der Waals surface area contributed by atoms with Crippen LogP contribution < -0.4 is 4.74 Å². The van der Waals surface area contributed by atoms with Crippen molar-refractivity contribution < 1.29 is 13.6 Å². The Balaban J connectivity index is 1.81. The zero-order chi connectivity index (χ0) is 21.3. The Hall–Kier alpha value is -2.30. The molecule has 1 aliphatic heterocycles. The third kappa shape index (κ3) is 3.48. The molecule has 2 heterocycles. The number of carbonyl (C=O) groups is 1. The SMILES string of the molecule is [2H]C([2H])([2H])Oc1cccc([C@@H]2CCCN2C(=O)Cn2nc(C(C)C)cc2C)c1C. The molecule has 1 atom stereocenters. The van der Waals surface area contributed by atoms with E-state index in [4.69, 9.17) is 8.85 Å². The maximum absolute atomic E-state index is 13.1. The molecule has 0 aliphatic carbocycles. The molecule has 1 aromatic heterocycles. The molecule has 140 valence electrons. The predicted molar refractivity (Wildman–Crippen MR) is 102 cm³/mol. The first-order valence-electron chi connectivity index (χ1n) is 10.7. The summed E-state index contributed by atoms with van der Waals surface area (Å²) in [4.78, 5) is 15.0. The number of aryl methyl sites for hydroxylation is 1. The van der Waals surface area contributed by atoms with Gasteiger partial charge in [-0.05, 0) is 55.9 Å². The fourth-order valence-corrected chi connectivity index (χ4v) is 3.69. The van der Waals surface area contributed by atoms with Crippen molar-refractivity contribution in [3.63, 3.8) is 0 Å². The van der Waals surface area contributed by atoms with Gasteiger partial charge in [-0.15, -0.1) is 0 Å². The summed E-state index contributed by atoms with van der Waals surface area (Å²) in [5.41, 5.74) is 3.67. The Morgan fingerprint density at radius 3 is 2.92 bits per heavy atom. The first-order chi connectivity index (χ1) is 13.6. The summed E-state index contributed by atoms with van der Waals surface area (Å²) in [6.07, 6.45) is 1.76. The molecule has 5 nitrogen and oxygen atoms in total. The Kier molecular flexibility index (Phi) is 4.29. The van der Waals surface area contributed by atoms with Gasteiger partial charge in [0.25, 0.3) is 0 Å². The Morgan fingerprint density at radius 1 is 1.42 bits per heavy atom. The van der Waals surface area contributed by atoms with Crippen molar-refractivity contribution in [1.82, 2.24) is 14.7 Å². The van der Waals surface area contributed by atoms with Gasteiger partial charge in [-0.25, -0.2) is 0 Å². The fourth-order valence-electron chi connectivity index (χ4n) is 3.69. The standard InChI is InChI=1S/C21H29N3O2/c1-14(2)18-12-15(3)24(22-18)13-21(25)23-11-7-9-19(23)17-8-6-10-20(26-5)16(17)4/h6,8,10,12,14,19H,7,9,11,13H2,1-5H3/t19-/m0/s1/i5D3. The smallest absolute Gasteiger partial charge is 0.244 e. The number of benzene rings is 1. The second kappa shape index (κ2) is 7.52. The first kappa shape index (κ1) is 14.8. The number of hydrogen-bond donors (Lipinski definition) is 0. The quantitative estimate of drug-likeness (QED) is 0.812. The van der Waals surface area contributed by atoms with Crippen molar-refractivity contribution in [2.24, 2.45) is 0 Å². The van der Waals surface area contributed by atoms with E-state index < -0.39 is 7.04 Å². The minimum atomic E-state index is -2.50. The lowest BCUT2D eigenvalue weighted by molar-refractivity contribution is -0.133. The molecular weight excluding hydrogens is 326 g/mol. The largest absolute Gasteiger partial charge is 0.496 e. The van der Waals surface area contributed by atoms with Crippen LogP contribution >= 0.6 is 0 Å². The molecule has 0 spiro atoms. The summed E-state index contributed by atoms with van der Waals surface area (Å²) in [5.74, 6) is 0.676. The predicted octanol–water partition coefficient (Wildman–Crippen LogP) is 4.00. The monoisotopic (exact) mass is 358 g/mol. The van der Waals surface area contributed by atoms with Crippen LogP contribution in [0.4, 0.5) is 0 Å². The lowest BCUT2D eigenvalue weighted by Crippen LogP contribution is -2.34. The van der Waals surface area contributed by atoms with E-state index in [0.29, 0.717) is 18.2 Å². The molecule has 0 N–H and O–H groups in total. The molecule has 0 bridgehead atoms. The van der Waals surface area contributed by atoms with Crippen molar-refractivity contribution in [2.45, 2.75) is 59.0 Å². The van der Waals surface area contributed by atoms with Crippen molar-refractivity contribution in [1.29, 1.82) is 0 Å². The lowest BCUT2D eigenvalue weighted by atomic mass is 9.98. The highest BCUT2D eigenvalue weighted by Crippen LogP contribution is 2.36. The van der Waals surface area contributed by atoms with Crippen LogP contribution in [0.1, 0.15) is 65.3 Å². The van der Waals surface area contributed by atoms with Gasteiger partial charge in [0.1, 0.15) is 12.3 Å². The second-order valence-corrected chi connectivity index (χ2v) is 7.34. The summed E-state index contributed by atoms with van der Waals surface area (Å²) in [6, 6.07) is 7.35. The summed E-state index contributed by atoms with van der Waals surface area (Å²) in [5, 5.41) is 4.58. The molecule has 1 amide bonds. The molecule has 1 saturated heterocycles. The van der Waals surface area contributed by atoms with E-state index in [9.17, 15) is 4.79 Å². The number of methoxy groups -OCH3 is 1. The molecule has 2 aromatic rings. The Morgan fingerprint density at radius 2 is 2.23 bits per heavy atom. The second-order valence-electron chi connectivity index (χ2n) is 7.34. The van der Waals surface area contributed by atoms with E-state index >= 15 is 0 Å². The topological polar surface area (TPSA) is 47.4 Å².